The number of amides is 1. The second kappa shape index (κ2) is 7.76. The van der Waals surface area contributed by atoms with E-state index >= 15 is 0 Å². The molecule has 114 valence electrons. The van der Waals surface area contributed by atoms with Crippen molar-refractivity contribution in [2.75, 3.05) is 6.54 Å². The van der Waals surface area contributed by atoms with Crippen molar-refractivity contribution in [2.24, 2.45) is 5.92 Å². The van der Waals surface area contributed by atoms with Crippen molar-refractivity contribution in [2.45, 2.75) is 38.7 Å². The van der Waals surface area contributed by atoms with Gasteiger partial charge in [0.1, 0.15) is 19.0 Å². The van der Waals surface area contributed by atoms with Crippen LogP contribution in [0.15, 0.2) is 24.3 Å². The zero-order valence-electron chi connectivity index (χ0n) is 11.9. The molecule has 0 spiro atoms. The molecule has 4 nitrogen and oxygen atoms in total. The van der Waals surface area contributed by atoms with Gasteiger partial charge in [0.05, 0.1) is 0 Å². The Morgan fingerprint density at radius 3 is 2.62 bits per heavy atom. The summed E-state index contributed by atoms with van der Waals surface area (Å²) in [7, 11) is 0. The van der Waals surface area contributed by atoms with E-state index in [4.69, 9.17) is 4.74 Å². The van der Waals surface area contributed by atoms with E-state index < -0.39 is 11.8 Å². The fourth-order valence-corrected chi connectivity index (χ4v) is 2.49. The molecule has 5 heteroatoms. The average Bonchev–Trinajstić information content (AvgIpc) is 2.52. The summed E-state index contributed by atoms with van der Waals surface area (Å²) < 4.78 is 18.3. The van der Waals surface area contributed by atoms with E-state index in [1.54, 1.807) is 18.2 Å². The zero-order valence-corrected chi connectivity index (χ0v) is 11.9. The Morgan fingerprint density at radius 2 is 1.90 bits per heavy atom. The molecule has 1 saturated carbocycles. The van der Waals surface area contributed by atoms with Crippen LogP contribution in [0.2, 0.25) is 0 Å². The number of carbonyl (C=O) groups is 2. The van der Waals surface area contributed by atoms with Gasteiger partial charge in [0.15, 0.2) is 0 Å². The van der Waals surface area contributed by atoms with E-state index in [1.807, 2.05) is 0 Å². The summed E-state index contributed by atoms with van der Waals surface area (Å²) in [6.07, 6.45) is 5.08. The van der Waals surface area contributed by atoms with Gasteiger partial charge in [-0.1, -0.05) is 37.5 Å². The van der Waals surface area contributed by atoms with Gasteiger partial charge in [-0.3, -0.25) is 9.59 Å². The van der Waals surface area contributed by atoms with Gasteiger partial charge in [-0.2, -0.15) is 0 Å². The van der Waals surface area contributed by atoms with E-state index in [0.717, 1.165) is 25.7 Å². The van der Waals surface area contributed by atoms with Crippen LogP contribution in [-0.4, -0.2) is 18.4 Å². The summed E-state index contributed by atoms with van der Waals surface area (Å²) in [5.41, 5.74) is 0.324. The standard InChI is InChI=1S/C16H20FNO3/c17-14-9-5-4-8-13(14)11-21-15(19)10-18-16(20)12-6-2-1-3-7-12/h4-5,8-9,12H,1-3,6-7,10-11H2,(H,18,20). The van der Waals surface area contributed by atoms with Crippen LogP contribution in [0.5, 0.6) is 0 Å². The Kier molecular flexibility index (Phi) is 5.72. The number of hydrogen-bond acceptors (Lipinski definition) is 3. The SMILES string of the molecule is O=C(CNC(=O)C1CCCCC1)OCc1ccccc1F. The fourth-order valence-electron chi connectivity index (χ4n) is 2.49. The molecule has 0 aromatic heterocycles. The van der Waals surface area contributed by atoms with Crippen molar-refractivity contribution in [1.29, 1.82) is 0 Å². The molecule has 1 N–H and O–H groups in total. The van der Waals surface area contributed by atoms with Crippen LogP contribution >= 0.6 is 0 Å². The van der Waals surface area contributed by atoms with Crippen molar-refractivity contribution < 1.29 is 18.7 Å². The summed E-state index contributed by atoms with van der Waals surface area (Å²) in [5.74, 6) is -1.03. The van der Waals surface area contributed by atoms with Crippen LogP contribution in [0.1, 0.15) is 37.7 Å². The third-order valence-corrected chi connectivity index (χ3v) is 3.73. The Balaban J connectivity index is 1.70. The predicted molar refractivity (Wildman–Crippen MR) is 75.8 cm³/mol. The lowest BCUT2D eigenvalue weighted by Gasteiger charge is -2.20. The van der Waals surface area contributed by atoms with Crippen LogP contribution in [0.25, 0.3) is 0 Å². The highest BCUT2D eigenvalue weighted by atomic mass is 19.1. The molecule has 1 aromatic rings. The minimum Gasteiger partial charge on any atom is -0.459 e. The maximum atomic E-state index is 13.3. The van der Waals surface area contributed by atoms with Gasteiger partial charge >= 0.3 is 5.97 Å². The van der Waals surface area contributed by atoms with Crippen LogP contribution in [0.3, 0.4) is 0 Å². The molecule has 0 heterocycles. The Morgan fingerprint density at radius 1 is 1.19 bits per heavy atom. The molecule has 0 saturated heterocycles. The number of nitrogens with one attached hydrogen (secondary N) is 1. The summed E-state index contributed by atoms with van der Waals surface area (Å²) >= 11 is 0. The Labute approximate surface area is 123 Å². The highest BCUT2D eigenvalue weighted by molar-refractivity contribution is 5.83. The lowest BCUT2D eigenvalue weighted by molar-refractivity contribution is -0.145. The number of rotatable bonds is 5. The topological polar surface area (TPSA) is 55.4 Å². The lowest BCUT2D eigenvalue weighted by atomic mass is 9.89. The van der Waals surface area contributed by atoms with Gasteiger partial charge in [-0.15, -0.1) is 0 Å². The average molecular weight is 293 g/mol. The Hall–Kier alpha value is -1.91. The molecule has 0 bridgehead atoms. The quantitative estimate of drug-likeness (QED) is 0.849. The van der Waals surface area contributed by atoms with Crippen LogP contribution in [-0.2, 0) is 20.9 Å². The summed E-state index contributed by atoms with van der Waals surface area (Å²) in [6.45, 7) is -0.283. The summed E-state index contributed by atoms with van der Waals surface area (Å²) in [6, 6.07) is 6.12. The largest absolute Gasteiger partial charge is 0.459 e. The molecule has 1 fully saturated rings. The van der Waals surface area contributed by atoms with Gasteiger partial charge in [0.2, 0.25) is 5.91 Å². The van der Waals surface area contributed by atoms with Crippen molar-refractivity contribution in [3.63, 3.8) is 0 Å². The van der Waals surface area contributed by atoms with Crippen LogP contribution in [0.4, 0.5) is 4.39 Å². The lowest BCUT2D eigenvalue weighted by Crippen LogP contribution is -2.36. The Bertz CT molecular complexity index is 498. The molecule has 0 unspecified atom stereocenters. The molecule has 0 aliphatic heterocycles. The molecule has 21 heavy (non-hydrogen) atoms. The van der Waals surface area contributed by atoms with Crippen molar-refractivity contribution in [1.82, 2.24) is 5.32 Å². The van der Waals surface area contributed by atoms with E-state index in [0.29, 0.717) is 5.56 Å². The monoisotopic (exact) mass is 293 g/mol. The number of carbonyl (C=O) groups excluding carboxylic acids is 2. The number of esters is 1. The second-order valence-corrected chi connectivity index (χ2v) is 5.30. The van der Waals surface area contributed by atoms with E-state index in [2.05, 4.69) is 5.32 Å². The van der Waals surface area contributed by atoms with Gasteiger partial charge in [0.25, 0.3) is 0 Å². The zero-order chi connectivity index (χ0) is 15.1. The molecular formula is C16H20FNO3. The molecule has 1 amide bonds. The molecule has 1 aliphatic rings. The molecule has 2 rings (SSSR count). The van der Waals surface area contributed by atoms with Crippen LogP contribution < -0.4 is 5.32 Å². The molecule has 0 radical (unpaired) electrons. The van der Waals surface area contributed by atoms with Crippen molar-refractivity contribution in [3.8, 4) is 0 Å². The van der Waals surface area contributed by atoms with Crippen molar-refractivity contribution in [3.05, 3.63) is 35.6 Å². The number of hydrogen-bond donors (Lipinski definition) is 1. The second-order valence-electron chi connectivity index (χ2n) is 5.30. The number of ether oxygens (including phenoxy) is 1. The molecule has 1 aliphatic carbocycles. The van der Waals surface area contributed by atoms with Gasteiger partial charge in [-0.05, 0) is 18.9 Å². The first-order valence-corrected chi connectivity index (χ1v) is 7.33. The minimum absolute atomic E-state index is 0.0121. The third kappa shape index (κ3) is 4.85. The van der Waals surface area contributed by atoms with Gasteiger partial charge in [-0.25, -0.2) is 4.39 Å². The maximum Gasteiger partial charge on any atom is 0.325 e. The van der Waals surface area contributed by atoms with E-state index in [-0.39, 0.29) is 25.0 Å². The summed E-state index contributed by atoms with van der Waals surface area (Å²) in [5, 5.41) is 2.60. The minimum atomic E-state index is -0.553. The smallest absolute Gasteiger partial charge is 0.325 e. The molecule has 0 atom stereocenters. The first kappa shape index (κ1) is 15.5. The van der Waals surface area contributed by atoms with Gasteiger partial charge in [0, 0.05) is 11.5 Å². The van der Waals surface area contributed by atoms with Crippen molar-refractivity contribution >= 4 is 11.9 Å². The van der Waals surface area contributed by atoms with E-state index in [1.165, 1.54) is 12.5 Å². The predicted octanol–water partition coefficient (Wildman–Crippen LogP) is 2.57. The number of benzene rings is 1. The number of halogens is 1. The summed E-state index contributed by atoms with van der Waals surface area (Å²) in [4.78, 5) is 23.4. The molecule has 1 aromatic carbocycles. The highest BCUT2D eigenvalue weighted by Crippen LogP contribution is 2.23. The highest BCUT2D eigenvalue weighted by Gasteiger charge is 2.21. The van der Waals surface area contributed by atoms with E-state index in [9.17, 15) is 14.0 Å². The normalized spacial score (nSPS) is 15.5. The third-order valence-electron chi connectivity index (χ3n) is 3.73. The molecular weight excluding hydrogens is 273 g/mol. The maximum absolute atomic E-state index is 13.3. The van der Waals surface area contributed by atoms with Crippen LogP contribution in [0, 0.1) is 11.7 Å². The van der Waals surface area contributed by atoms with Gasteiger partial charge < -0.3 is 10.1 Å². The fraction of sp³-hybridized carbons (Fsp3) is 0.500. The first-order valence-electron chi connectivity index (χ1n) is 7.33. The first-order chi connectivity index (χ1) is 10.2.